The van der Waals surface area contributed by atoms with Crippen molar-refractivity contribution in [3.63, 3.8) is 0 Å². The summed E-state index contributed by atoms with van der Waals surface area (Å²) in [5.41, 5.74) is 8.11. The molecular formula is C34H66N2O10+2. The van der Waals surface area contributed by atoms with Crippen LogP contribution in [0.4, 0.5) is 0 Å². The molecule has 12 nitrogen and oxygen atoms in total. The van der Waals surface area contributed by atoms with E-state index in [0.29, 0.717) is 38.9 Å². The lowest BCUT2D eigenvalue weighted by molar-refractivity contribution is -0.412. The number of hydrogen-bond acceptors (Lipinski definition) is 7. The molecule has 12 heteroatoms. The highest BCUT2D eigenvalue weighted by Crippen LogP contribution is 2.38. The van der Waals surface area contributed by atoms with Gasteiger partial charge < -0.3 is 52.7 Å². The fraction of sp³-hybridized carbons (Fsp3) is 0.824. The van der Waals surface area contributed by atoms with Crippen molar-refractivity contribution >= 4 is 11.9 Å². The Balaban J connectivity index is 0.00000675. The highest BCUT2D eigenvalue weighted by atomic mass is 16.5. The van der Waals surface area contributed by atoms with Gasteiger partial charge in [0.1, 0.15) is 0 Å². The fourth-order valence-corrected chi connectivity index (χ4v) is 7.43. The Morgan fingerprint density at radius 2 is 1.02 bits per heavy atom. The second kappa shape index (κ2) is 22.6. The maximum absolute atomic E-state index is 12.3. The second-order valence-corrected chi connectivity index (χ2v) is 13.6. The highest BCUT2D eigenvalue weighted by Gasteiger charge is 2.35. The van der Waals surface area contributed by atoms with E-state index in [1.54, 1.807) is 0 Å². The molecule has 3 saturated carbocycles. The molecule has 0 bridgehead atoms. The minimum atomic E-state index is -0.436. The number of aliphatic hydroxyl groups is 3. The number of ether oxygens (including phenoxy) is 2. The molecule has 10 atom stereocenters. The van der Waals surface area contributed by atoms with E-state index in [1.807, 2.05) is 13.8 Å². The van der Waals surface area contributed by atoms with Gasteiger partial charge in [-0.2, -0.15) is 0 Å². The summed E-state index contributed by atoms with van der Waals surface area (Å²) >= 11 is 0. The smallest absolute Gasteiger partial charge is 0.364 e. The third kappa shape index (κ3) is 14.5. The maximum Gasteiger partial charge on any atom is 0.364 e. The van der Waals surface area contributed by atoms with Gasteiger partial charge in [0, 0.05) is 12.8 Å². The van der Waals surface area contributed by atoms with E-state index in [9.17, 15) is 24.9 Å². The van der Waals surface area contributed by atoms with E-state index in [4.69, 9.17) is 9.47 Å². The molecule has 0 aromatic heterocycles. The van der Waals surface area contributed by atoms with E-state index < -0.39 is 12.1 Å². The molecule has 0 spiro atoms. The summed E-state index contributed by atoms with van der Waals surface area (Å²) in [5.74, 6) is 0.904. The summed E-state index contributed by atoms with van der Waals surface area (Å²) in [6.45, 7) is 4.76. The summed E-state index contributed by atoms with van der Waals surface area (Å²) in [6, 6.07) is -0.872. The monoisotopic (exact) mass is 662 g/mol. The molecule has 3 rings (SSSR count). The zero-order valence-corrected chi connectivity index (χ0v) is 28.2. The van der Waals surface area contributed by atoms with Crippen molar-refractivity contribution in [2.24, 2.45) is 35.5 Å². The van der Waals surface area contributed by atoms with Crippen LogP contribution in [0.3, 0.4) is 0 Å². The molecule has 0 aromatic carbocycles. The highest BCUT2D eigenvalue weighted by molar-refractivity contribution is 5.74. The van der Waals surface area contributed by atoms with Gasteiger partial charge in [0.2, 0.25) is 0 Å². The molecule has 0 saturated heterocycles. The van der Waals surface area contributed by atoms with Gasteiger partial charge in [-0.15, -0.1) is 0 Å². The zero-order valence-electron chi connectivity index (χ0n) is 28.2. The molecular weight excluding hydrogens is 596 g/mol. The minimum Gasteiger partial charge on any atom is -0.461 e. The van der Waals surface area contributed by atoms with Crippen LogP contribution in [0.15, 0.2) is 24.3 Å². The Kier molecular flexibility index (Phi) is 21.7. The van der Waals surface area contributed by atoms with Gasteiger partial charge in [0.25, 0.3) is 0 Å². The zero-order chi connectivity index (χ0) is 31.4. The lowest BCUT2D eigenvalue weighted by Gasteiger charge is -2.35. The van der Waals surface area contributed by atoms with Crippen molar-refractivity contribution in [1.82, 2.24) is 0 Å². The lowest BCUT2D eigenvalue weighted by atomic mass is 9.72. The topological polar surface area (TPSA) is 263 Å². The average Bonchev–Trinajstić information content (AvgIpc) is 2.97. The predicted molar refractivity (Wildman–Crippen MR) is 175 cm³/mol. The van der Waals surface area contributed by atoms with Crippen molar-refractivity contribution < 1.29 is 62.3 Å². The molecule has 10 unspecified atom stereocenters. The summed E-state index contributed by atoms with van der Waals surface area (Å²) in [6.07, 6.45) is 17.9. The van der Waals surface area contributed by atoms with E-state index in [-0.39, 0.29) is 82.2 Å². The number of hydrogen-bond donors (Lipinski definition) is 5. The van der Waals surface area contributed by atoms with Crippen LogP contribution in [0.5, 0.6) is 0 Å². The molecule has 46 heavy (non-hydrogen) atoms. The summed E-state index contributed by atoms with van der Waals surface area (Å²) in [7, 11) is 0. The van der Waals surface area contributed by atoms with E-state index >= 15 is 0 Å². The Hall–Kier alpha value is -1.90. The number of carbonyl (C=O) groups is 2. The number of aliphatic hydroxyl groups excluding tert-OH is 3. The van der Waals surface area contributed by atoms with Crippen molar-refractivity contribution in [3.8, 4) is 0 Å². The maximum atomic E-state index is 12.3. The van der Waals surface area contributed by atoms with Crippen LogP contribution < -0.4 is 11.5 Å². The molecule has 0 radical (unpaired) electrons. The predicted octanol–water partition coefficient (Wildman–Crippen LogP) is -0.136. The summed E-state index contributed by atoms with van der Waals surface area (Å²) in [5, 5.41) is 31.4. The van der Waals surface area contributed by atoms with Gasteiger partial charge in [-0.05, 0) is 106 Å². The average molecular weight is 663 g/mol. The van der Waals surface area contributed by atoms with Gasteiger partial charge in [0.15, 0.2) is 12.1 Å². The first-order chi connectivity index (χ1) is 20.6. The summed E-state index contributed by atoms with van der Waals surface area (Å²) < 4.78 is 10.6. The first kappa shape index (κ1) is 44.1. The third-order valence-corrected chi connectivity index (χ3v) is 9.78. The molecule has 3 aliphatic rings. The van der Waals surface area contributed by atoms with Crippen molar-refractivity contribution in [2.45, 2.75) is 128 Å². The van der Waals surface area contributed by atoms with E-state index in [2.05, 4.69) is 35.8 Å². The van der Waals surface area contributed by atoms with Crippen LogP contribution in [0.1, 0.15) is 97.3 Å². The normalized spacial score (nSPS) is 32.8. The Labute approximate surface area is 274 Å². The van der Waals surface area contributed by atoms with E-state index in [1.165, 1.54) is 0 Å². The van der Waals surface area contributed by atoms with Gasteiger partial charge >= 0.3 is 11.9 Å². The molecule has 3 fully saturated rings. The van der Waals surface area contributed by atoms with Crippen molar-refractivity contribution in [2.75, 3.05) is 13.2 Å². The minimum absolute atomic E-state index is 0. The second-order valence-electron chi connectivity index (χ2n) is 13.6. The van der Waals surface area contributed by atoms with Gasteiger partial charge in [-0.1, -0.05) is 38.2 Å². The quantitative estimate of drug-likeness (QED) is 0.124. The molecule has 0 aromatic rings. The number of rotatable bonds is 14. The van der Waals surface area contributed by atoms with Crippen LogP contribution in [0, 0.1) is 35.5 Å². The fourth-order valence-electron chi connectivity index (χ4n) is 7.43. The van der Waals surface area contributed by atoms with Crippen LogP contribution in [-0.2, 0) is 19.1 Å². The van der Waals surface area contributed by atoms with Gasteiger partial charge in [-0.3, -0.25) is 0 Å². The molecule has 0 amide bonds. The largest absolute Gasteiger partial charge is 0.461 e. The van der Waals surface area contributed by atoms with Crippen molar-refractivity contribution in [1.29, 1.82) is 0 Å². The number of quaternary nitrogens is 2. The van der Waals surface area contributed by atoms with Crippen molar-refractivity contribution in [3.05, 3.63) is 24.3 Å². The molecule has 3 aliphatic carbocycles. The van der Waals surface area contributed by atoms with Crippen LogP contribution >= 0.6 is 0 Å². The number of carbonyl (C=O) groups excluding carboxylic acids is 2. The Morgan fingerprint density at radius 1 is 0.630 bits per heavy atom. The first-order valence-electron chi connectivity index (χ1n) is 17.0. The molecule has 0 heterocycles. The third-order valence-electron chi connectivity index (χ3n) is 9.78. The van der Waals surface area contributed by atoms with E-state index in [0.717, 1.165) is 57.8 Å². The Morgan fingerprint density at radius 3 is 1.39 bits per heavy atom. The summed E-state index contributed by atoms with van der Waals surface area (Å²) in [4.78, 5) is 24.7. The molecule has 15 N–H and O–H groups in total. The molecule has 0 aliphatic heterocycles. The van der Waals surface area contributed by atoms with Gasteiger partial charge in [-0.25, -0.2) is 9.59 Å². The van der Waals surface area contributed by atoms with Crippen LogP contribution in [0.25, 0.3) is 0 Å². The SMILES string of the molecule is CCCOC(=O)C([NH3+])CC1CC(O)CCC1/C=C/C1CC(O)CC(/C=C/C2CCC(O)CC2CC([NH3+])C(=O)OCCC)C1.O.O.O. The molecule has 270 valence electrons. The standard InChI is InChI=1S/C34H58N2O7.3H2O/c1-3-13-42-33(40)31(35)20-26-18-28(37)11-9-24(26)7-5-22-15-23(17-30(39)16-22)6-8-25-10-12-29(38)19-27(25)21-32(36)34(41)43-14-4-2;;;/h5-8,22-32,37-39H,3-4,9-21,35-36H2,1-2H3;3*1H2/p+2/b7-5+,8-6+;;;. The number of esters is 2. The van der Waals surface area contributed by atoms with Gasteiger partial charge in [0.05, 0.1) is 31.5 Å². The Bertz CT molecular complexity index is 848. The lowest BCUT2D eigenvalue weighted by Crippen LogP contribution is -2.66. The number of allylic oxidation sites excluding steroid dienone is 4. The van der Waals surface area contributed by atoms with Crippen LogP contribution in [0.2, 0.25) is 0 Å². The first-order valence-corrected chi connectivity index (χ1v) is 17.0. The van der Waals surface area contributed by atoms with Crippen LogP contribution in [-0.4, -0.2) is 87.3 Å².